The molecule has 0 radical (unpaired) electrons. The number of anilines is 2. The summed E-state index contributed by atoms with van der Waals surface area (Å²) >= 11 is 0. The van der Waals surface area contributed by atoms with Gasteiger partial charge in [0.15, 0.2) is 0 Å². The number of carbonyl (C=O) groups is 1. The quantitative estimate of drug-likeness (QED) is 0.564. The number of nitrogens with one attached hydrogen (secondary N) is 1. The first-order valence-corrected chi connectivity index (χ1v) is 10.3. The fourth-order valence-corrected chi connectivity index (χ4v) is 4.00. The molecule has 1 aromatic heterocycles. The molecule has 0 unspecified atom stereocenters. The Morgan fingerprint density at radius 2 is 1.97 bits per heavy atom. The van der Waals surface area contributed by atoms with E-state index in [1.165, 1.54) is 0 Å². The maximum Gasteiger partial charge on any atom is 0.254 e. The molecule has 156 valence electrons. The highest BCUT2D eigenvalue weighted by Gasteiger charge is 2.26. The second-order valence-electron chi connectivity index (χ2n) is 7.63. The zero-order valence-corrected chi connectivity index (χ0v) is 17.0. The monoisotopic (exact) mass is 413 g/mol. The first-order valence-electron chi connectivity index (χ1n) is 10.3. The number of aromatic nitrogens is 2. The van der Waals surface area contributed by atoms with Crippen LogP contribution in [-0.4, -0.2) is 22.2 Å². The predicted molar refractivity (Wildman–Crippen MR) is 121 cm³/mol. The van der Waals surface area contributed by atoms with E-state index in [-0.39, 0.29) is 0 Å². The maximum absolute atomic E-state index is 12.4. The number of amides is 1. The van der Waals surface area contributed by atoms with Crippen molar-refractivity contribution in [2.24, 2.45) is 5.73 Å². The number of ether oxygens (including phenoxy) is 1. The Balaban J connectivity index is 1.55. The number of primary amides is 1. The van der Waals surface area contributed by atoms with Crippen LogP contribution < -0.4 is 21.5 Å². The van der Waals surface area contributed by atoms with E-state index in [2.05, 4.69) is 17.5 Å². The largest absolute Gasteiger partial charge is 0.458 e. The van der Waals surface area contributed by atoms with Crippen molar-refractivity contribution < 1.29 is 9.53 Å². The molecule has 5 N–H and O–H groups in total. The average Bonchev–Trinajstić information content (AvgIpc) is 3.06. The van der Waals surface area contributed by atoms with Crippen molar-refractivity contribution in [3.05, 3.63) is 77.6 Å². The fourth-order valence-electron chi connectivity index (χ4n) is 4.00. The fraction of sp³-hybridized carbons (Fsp3) is 0.167. The molecule has 1 aliphatic heterocycles. The third kappa shape index (κ3) is 3.54. The number of benzene rings is 2. The zero-order chi connectivity index (χ0) is 21.4. The van der Waals surface area contributed by atoms with Crippen LogP contribution in [0, 0.1) is 0 Å². The topological polar surface area (TPSA) is 108 Å². The van der Waals surface area contributed by atoms with E-state index in [1.807, 2.05) is 48.5 Å². The minimum Gasteiger partial charge on any atom is -0.458 e. The first-order chi connectivity index (χ1) is 15.1. The second kappa shape index (κ2) is 7.68. The van der Waals surface area contributed by atoms with Crippen molar-refractivity contribution in [3.8, 4) is 22.7 Å². The van der Waals surface area contributed by atoms with Crippen LogP contribution in [0.4, 0.5) is 11.5 Å². The van der Waals surface area contributed by atoms with Crippen molar-refractivity contribution in [3.63, 3.8) is 0 Å². The molecule has 7 nitrogen and oxygen atoms in total. The molecule has 0 spiro atoms. The molecule has 0 fully saturated rings. The van der Waals surface area contributed by atoms with Gasteiger partial charge >= 0.3 is 0 Å². The number of nitrogens with two attached hydrogens (primary N) is 2. The van der Waals surface area contributed by atoms with Gasteiger partial charge in [0.1, 0.15) is 28.6 Å². The summed E-state index contributed by atoms with van der Waals surface area (Å²) in [5.41, 5.74) is 16.1. The summed E-state index contributed by atoms with van der Waals surface area (Å²) in [6, 6.07) is 13.2. The summed E-state index contributed by atoms with van der Waals surface area (Å²) in [7, 11) is 0. The van der Waals surface area contributed by atoms with Crippen molar-refractivity contribution in [1.29, 1.82) is 0 Å². The van der Waals surface area contributed by atoms with E-state index in [0.29, 0.717) is 29.3 Å². The number of rotatable bonds is 4. The molecular formula is C24H23N5O2. The van der Waals surface area contributed by atoms with Gasteiger partial charge < -0.3 is 21.5 Å². The Kier molecular flexibility index (Phi) is 4.71. The SMILES string of the molecule is NC(=O)c1c(-c2ccc(OC3=CCCC=C3)cc2)nn2c1NCCc1cc(N)ccc1-2. The summed E-state index contributed by atoms with van der Waals surface area (Å²) in [6.07, 6.45) is 8.93. The molecule has 1 aliphatic carbocycles. The van der Waals surface area contributed by atoms with Crippen molar-refractivity contribution in [1.82, 2.24) is 9.78 Å². The molecule has 3 aromatic rings. The van der Waals surface area contributed by atoms with Gasteiger partial charge in [-0.15, -0.1) is 0 Å². The van der Waals surface area contributed by atoms with Gasteiger partial charge in [0.2, 0.25) is 0 Å². The van der Waals surface area contributed by atoms with Crippen molar-refractivity contribution in [2.75, 3.05) is 17.6 Å². The van der Waals surface area contributed by atoms with Gasteiger partial charge in [-0.2, -0.15) is 5.10 Å². The molecular weight excluding hydrogens is 390 g/mol. The summed E-state index contributed by atoms with van der Waals surface area (Å²) in [4.78, 5) is 12.4. The van der Waals surface area contributed by atoms with Gasteiger partial charge in [0, 0.05) is 17.8 Å². The average molecular weight is 413 g/mol. The highest BCUT2D eigenvalue weighted by atomic mass is 16.5. The molecule has 5 rings (SSSR count). The lowest BCUT2D eigenvalue weighted by atomic mass is 10.1. The first kappa shape index (κ1) is 19.0. The Morgan fingerprint density at radius 3 is 2.71 bits per heavy atom. The van der Waals surface area contributed by atoms with Crippen LogP contribution in [0.5, 0.6) is 5.75 Å². The number of hydrogen-bond donors (Lipinski definition) is 3. The Morgan fingerprint density at radius 1 is 1.13 bits per heavy atom. The second-order valence-corrected chi connectivity index (χ2v) is 7.63. The van der Waals surface area contributed by atoms with E-state index >= 15 is 0 Å². The molecule has 1 amide bonds. The highest BCUT2D eigenvalue weighted by Crippen LogP contribution is 2.34. The maximum atomic E-state index is 12.4. The van der Waals surface area contributed by atoms with Crippen LogP contribution in [0.15, 0.2) is 66.5 Å². The number of fused-ring (bicyclic) bond motifs is 3. The summed E-state index contributed by atoms with van der Waals surface area (Å²) < 4.78 is 7.66. The lowest BCUT2D eigenvalue weighted by Crippen LogP contribution is -2.15. The standard InChI is InChI=1S/C24H23N5O2/c25-17-8-11-20-16(14-17)12-13-27-24-21(23(26)30)22(28-29(20)24)15-6-9-19(10-7-15)31-18-4-2-1-3-5-18/h2,4-11,14,27H,1,3,12-13,25H2,(H2,26,30). The van der Waals surface area contributed by atoms with E-state index < -0.39 is 5.91 Å². The molecule has 0 atom stereocenters. The highest BCUT2D eigenvalue weighted by molar-refractivity contribution is 6.04. The van der Waals surface area contributed by atoms with Crippen LogP contribution in [0.2, 0.25) is 0 Å². The summed E-state index contributed by atoms with van der Waals surface area (Å²) in [5, 5.41) is 8.08. The minimum absolute atomic E-state index is 0.372. The van der Waals surface area contributed by atoms with Crippen LogP contribution >= 0.6 is 0 Å². The number of hydrogen-bond acceptors (Lipinski definition) is 5. The molecule has 2 aromatic carbocycles. The molecule has 0 bridgehead atoms. The van der Waals surface area contributed by atoms with Gasteiger partial charge in [0.05, 0.1) is 5.69 Å². The van der Waals surface area contributed by atoms with Crippen molar-refractivity contribution in [2.45, 2.75) is 19.3 Å². The van der Waals surface area contributed by atoms with Gasteiger partial charge in [-0.25, -0.2) is 4.68 Å². The third-order valence-electron chi connectivity index (χ3n) is 5.47. The molecule has 7 heteroatoms. The summed E-state index contributed by atoms with van der Waals surface area (Å²) in [5.74, 6) is 1.64. The van der Waals surface area contributed by atoms with Crippen LogP contribution in [0.1, 0.15) is 28.8 Å². The number of nitrogens with zero attached hydrogens (tertiary/aromatic N) is 2. The minimum atomic E-state index is -0.527. The molecule has 31 heavy (non-hydrogen) atoms. The van der Waals surface area contributed by atoms with E-state index in [4.69, 9.17) is 21.3 Å². The lowest BCUT2D eigenvalue weighted by molar-refractivity contribution is 0.100. The van der Waals surface area contributed by atoms with Gasteiger partial charge in [0.25, 0.3) is 5.91 Å². The summed E-state index contributed by atoms with van der Waals surface area (Å²) in [6.45, 7) is 0.650. The van der Waals surface area contributed by atoms with E-state index in [9.17, 15) is 4.79 Å². The van der Waals surface area contributed by atoms with Gasteiger partial charge in [-0.05, 0) is 79.4 Å². The lowest BCUT2D eigenvalue weighted by Gasteiger charge is -2.10. The Bertz CT molecular complexity index is 1220. The van der Waals surface area contributed by atoms with Gasteiger partial charge in [-0.3, -0.25) is 4.79 Å². The molecule has 0 saturated carbocycles. The van der Waals surface area contributed by atoms with Crippen LogP contribution in [-0.2, 0) is 6.42 Å². The van der Waals surface area contributed by atoms with Crippen LogP contribution in [0.25, 0.3) is 16.9 Å². The Hall–Kier alpha value is -4.00. The third-order valence-corrected chi connectivity index (χ3v) is 5.47. The zero-order valence-electron chi connectivity index (χ0n) is 17.0. The van der Waals surface area contributed by atoms with E-state index in [0.717, 1.165) is 47.6 Å². The smallest absolute Gasteiger partial charge is 0.254 e. The Labute approximate surface area is 180 Å². The number of carbonyl (C=O) groups excluding carboxylic acids is 1. The van der Waals surface area contributed by atoms with E-state index in [1.54, 1.807) is 4.68 Å². The predicted octanol–water partition coefficient (Wildman–Crippen LogP) is 3.80. The van der Waals surface area contributed by atoms with Crippen LogP contribution in [0.3, 0.4) is 0 Å². The van der Waals surface area contributed by atoms with Crippen molar-refractivity contribution >= 4 is 17.4 Å². The number of nitrogen functional groups attached to an aromatic ring is 1. The molecule has 2 aliphatic rings. The normalized spacial score (nSPS) is 14.6. The molecule has 2 heterocycles. The molecule has 0 saturated heterocycles. The number of allylic oxidation sites excluding steroid dienone is 3. The van der Waals surface area contributed by atoms with Gasteiger partial charge in [-0.1, -0.05) is 6.08 Å².